The molecule has 138 valence electrons. The Morgan fingerprint density at radius 2 is 1.73 bits per heavy atom. The summed E-state index contributed by atoms with van der Waals surface area (Å²) in [4.78, 5) is 16.5. The molecule has 2 aromatic rings. The van der Waals surface area contributed by atoms with Crippen molar-refractivity contribution in [3.8, 4) is 0 Å². The first-order chi connectivity index (χ1) is 12.5. The predicted molar refractivity (Wildman–Crippen MR) is 103 cm³/mol. The van der Waals surface area contributed by atoms with Gasteiger partial charge in [-0.25, -0.2) is 4.39 Å². The number of amides is 1. The summed E-state index contributed by atoms with van der Waals surface area (Å²) in [7, 11) is 0. The van der Waals surface area contributed by atoms with E-state index in [0.29, 0.717) is 12.2 Å². The van der Waals surface area contributed by atoms with Gasteiger partial charge in [0.05, 0.1) is 18.3 Å². The Hall–Kier alpha value is -2.40. The Labute approximate surface area is 154 Å². The van der Waals surface area contributed by atoms with Gasteiger partial charge in [0.1, 0.15) is 5.82 Å². The first-order valence-electron chi connectivity index (χ1n) is 9.10. The molecule has 3 rings (SSSR count). The molecule has 1 aliphatic rings. The lowest BCUT2D eigenvalue weighted by molar-refractivity contribution is -0.123. The smallest absolute Gasteiger partial charge is 0.234 e. The first kappa shape index (κ1) is 18.4. The molecule has 1 unspecified atom stereocenters. The third-order valence-electron chi connectivity index (χ3n) is 4.89. The van der Waals surface area contributed by atoms with Crippen LogP contribution in [0.4, 0.5) is 10.1 Å². The van der Waals surface area contributed by atoms with Crippen LogP contribution in [0.2, 0.25) is 0 Å². The minimum absolute atomic E-state index is 0.0113. The lowest BCUT2D eigenvalue weighted by atomic mass is 10.1. The Kier molecular flexibility index (Phi) is 5.89. The van der Waals surface area contributed by atoms with Crippen molar-refractivity contribution in [2.75, 3.05) is 37.6 Å². The van der Waals surface area contributed by atoms with Gasteiger partial charge in [0, 0.05) is 26.2 Å². The number of nitrogens with zero attached hydrogens (tertiary/aromatic N) is 2. The van der Waals surface area contributed by atoms with Crippen molar-refractivity contribution in [3.63, 3.8) is 0 Å². The quantitative estimate of drug-likeness (QED) is 0.895. The second-order valence-electron chi connectivity index (χ2n) is 6.91. The second kappa shape index (κ2) is 8.32. The summed E-state index contributed by atoms with van der Waals surface area (Å²) in [5.41, 5.74) is 2.96. The number of anilines is 1. The first-order valence-corrected chi connectivity index (χ1v) is 9.10. The standard InChI is InChI=1S/C21H26FN3O/c1-16-7-9-18(10-8-16)17(2)23-21(26)15-24-11-13-25(14-12-24)20-6-4-3-5-19(20)22/h3-10,17H,11-15H2,1-2H3,(H,23,26). The lowest BCUT2D eigenvalue weighted by Gasteiger charge is -2.36. The Morgan fingerprint density at radius 3 is 2.38 bits per heavy atom. The molecule has 0 radical (unpaired) electrons. The highest BCUT2D eigenvalue weighted by Crippen LogP contribution is 2.20. The van der Waals surface area contributed by atoms with Gasteiger partial charge in [0.2, 0.25) is 5.91 Å². The molecule has 5 heteroatoms. The van der Waals surface area contributed by atoms with Gasteiger partial charge in [-0.2, -0.15) is 0 Å². The van der Waals surface area contributed by atoms with E-state index >= 15 is 0 Å². The van der Waals surface area contributed by atoms with E-state index in [0.717, 1.165) is 31.7 Å². The summed E-state index contributed by atoms with van der Waals surface area (Å²) in [6.07, 6.45) is 0. The number of hydrogen-bond acceptors (Lipinski definition) is 3. The van der Waals surface area contributed by atoms with Crippen molar-refractivity contribution in [1.82, 2.24) is 10.2 Å². The van der Waals surface area contributed by atoms with Crippen molar-refractivity contribution < 1.29 is 9.18 Å². The Morgan fingerprint density at radius 1 is 1.08 bits per heavy atom. The van der Waals surface area contributed by atoms with Crippen LogP contribution in [0.1, 0.15) is 24.1 Å². The van der Waals surface area contributed by atoms with Gasteiger partial charge in [0.15, 0.2) is 0 Å². The molecule has 0 bridgehead atoms. The monoisotopic (exact) mass is 355 g/mol. The van der Waals surface area contributed by atoms with E-state index in [1.165, 1.54) is 11.6 Å². The predicted octanol–water partition coefficient (Wildman–Crippen LogP) is 3.13. The Balaban J connectivity index is 1.47. The average molecular weight is 355 g/mol. The average Bonchev–Trinajstić information content (AvgIpc) is 2.63. The summed E-state index contributed by atoms with van der Waals surface area (Å²) >= 11 is 0. The van der Waals surface area contributed by atoms with E-state index < -0.39 is 0 Å². The molecular weight excluding hydrogens is 329 g/mol. The van der Waals surface area contributed by atoms with Crippen molar-refractivity contribution >= 4 is 11.6 Å². The molecule has 0 aliphatic carbocycles. The van der Waals surface area contributed by atoms with Crippen LogP contribution in [0.3, 0.4) is 0 Å². The number of para-hydroxylation sites is 1. The molecule has 0 aromatic heterocycles. The maximum Gasteiger partial charge on any atom is 0.234 e. The molecule has 26 heavy (non-hydrogen) atoms. The third-order valence-corrected chi connectivity index (χ3v) is 4.89. The van der Waals surface area contributed by atoms with Crippen LogP contribution in [-0.4, -0.2) is 43.5 Å². The molecule has 1 N–H and O–H groups in total. The highest BCUT2D eigenvalue weighted by Gasteiger charge is 2.21. The molecule has 1 saturated heterocycles. The van der Waals surface area contributed by atoms with E-state index in [2.05, 4.69) is 22.3 Å². The van der Waals surface area contributed by atoms with E-state index in [1.54, 1.807) is 12.1 Å². The minimum atomic E-state index is -0.189. The number of piperazine rings is 1. The third kappa shape index (κ3) is 4.61. The fraction of sp³-hybridized carbons (Fsp3) is 0.381. The van der Waals surface area contributed by atoms with Crippen LogP contribution in [-0.2, 0) is 4.79 Å². The van der Waals surface area contributed by atoms with Crippen molar-refractivity contribution in [2.24, 2.45) is 0 Å². The van der Waals surface area contributed by atoms with Crippen molar-refractivity contribution in [3.05, 3.63) is 65.5 Å². The van der Waals surface area contributed by atoms with Gasteiger partial charge < -0.3 is 10.2 Å². The number of hydrogen-bond donors (Lipinski definition) is 1. The molecule has 0 saturated carbocycles. The number of carbonyl (C=O) groups is 1. The molecule has 1 amide bonds. The topological polar surface area (TPSA) is 35.6 Å². The van der Waals surface area contributed by atoms with E-state index in [9.17, 15) is 9.18 Å². The van der Waals surface area contributed by atoms with Gasteiger partial charge in [-0.3, -0.25) is 9.69 Å². The van der Waals surface area contributed by atoms with Crippen LogP contribution in [0.15, 0.2) is 48.5 Å². The second-order valence-corrected chi connectivity index (χ2v) is 6.91. The van der Waals surface area contributed by atoms with Crippen LogP contribution in [0.25, 0.3) is 0 Å². The number of rotatable bonds is 5. The molecule has 1 fully saturated rings. The highest BCUT2D eigenvalue weighted by atomic mass is 19.1. The van der Waals surface area contributed by atoms with Crippen LogP contribution in [0, 0.1) is 12.7 Å². The van der Waals surface area contributed by atoms with Gasteiger partial charge in [0.25, 0.3) is 0 Å². The molecule has 2 aromatic carbocycles. The number of carbonyl (C=O) groups excluding carboxylic acids is 1. The Bertz CT molecular complexity index is 739. The maximum atomic E-state index is 13.9. The van der Waals surface area contributed by atoms with Crippen LogP contribution >= 0.6 is 0 Å². The van der Waals surface area contributed by atoms with Crippen molar-refractivity contribution in [2.45, 2.75) is 19.9 Å². The van der Waals surface area contributed by atoms with E-state index in [4.69, 9.17) is 0 Å². The van der Waals surface area contributed by atoms with Crippen LogP contribution in [0.5, 0.6) is 0 Å². The zero-order chi connectivity index (χ0) is 18.5. The molecule has 1 atom stereocenters. The van der Waals surface area contributed by atoms with E-state index in [1.807, 2.05) is 36.9 Å². The van der Waals surface area contributed by atoms with Gasteiger partial charge in [-0.1, -0.05) is 42.0 Å². The SMILES string of the molecule is Cc1ccc(C(C)NC(=O)CN2CCN(c3ccccc3F)CC2)cc1. The number of halogens is 1. The number of benzene rings is 2. The largest absolute Gasteiger partial charge is 0.367 e. The molecule has 1 heterocycles. The normalized spacial score (nSPS) is 16.3. The van der Waals surface area contributed by atoms with Gasteiger partial charge in [-0.15, -0.1) is 0 Å². The maximum absolute atomic E-state index is 13.9. The summed E-state index contributed by atoms with van der Waals surface area (Å²) in [5, 5.41) is 3.06. The zero-order valence-corrected chi connectivity index (χ0v) is 15.4. The van der Waals surface area contributed by atoms with Gasteiger partial charge in [-0.05, 0) is 31.5 Å². The lowest BCUT2D eigenvalue weighted by Crippen LogP contribution is -2.49. The summed E-state index contributed by atoms with van der Waals surface area (Å²) in [6, 6.07) is 15.0. The molecule has 0 spiro atoms. The summed E-state index contributed by atoms with van der Waals surface area (Å²) in [5.74, 6) is -0.164. The fourth-order valence-corrected chi connectivity index (χ4v) is 3.28. The molecule has 4 nitrogen and oxygen atoms in total. The fourth-order valence-electron chi connectivity index (χ4n) is 3.28. The molecule has 1 aliphatic heterocycles. The highest BCUT2D eigenvalue weighted by molar-refractivity contribution is 5.78. The number of aryl methyl sites for hydroxylation is 1. The summed E-state index contributed by atoms with van der Waals surface area (Å²) in [6.45, 7) is 7.37. The zero-order valence-electron chi connectivity index (χ0n) is 15.4. The summed E-state index contributed by atoms with van der Waals surface area (Å²) < 4.78 is 13.9. The van der Waals surface area contributed by atoms with Crippen molar-refractivity contribution in [1.29, 1.82) is 0 Å². The molecular formula is C21H26FN3O. The van der Waals surface area contributed by atoms with E-state index in [-0.39, 0.29) is 17.8 Å². The minimum Gasteiger partial charge on any atom is -0.367 e. The van der Waals surface area contributed by atoms with Crippen LogP contribution < -0.4 is 10.2 Å². The van der Waals surface area contributed by atoms with Gasteiger partial charge >= 0.3 is 0 Å². The number of nitrogens with one attached hydrogen (secondary N) is 1.